The second kappa shape index (κ2) is 13.4. The number of carbonyl (C=O) groups is 1. The van der Waals surface area contributed by atoms with Gasteiger partial charge in [0.1, 0.15) is 29.2 Å². The third kappa shape index (κ3) is 6.76. The van der Waals surface area contributed by atoms with Gasteiger partial charge < -0.3 is 19.1 Å². The molecule has 6 aromatic rings. The van der Waals surface area contributed by atoms with E-state index in [9.17, 15) is 14.1 Å². The highest BCUT2D eigenvalue weighted by molar-refractivity contribution is 7.85. The number of imidazole rings is 1. The molecule has 0 radical (unpaired) electrons. The van der Waals surface area contributed by atoms with E-state index in [1.165, 1.54) is 0 Å². The van der Waals surface area contributed by atoms with Crippen LogP contribution in [0.5, 0.6) is 5.75 Å². The maximum atomic E-state index is 12.4. The largest absolute Gasteiger partial charge is 0.487 e. The molecule has 3 atom stereocenters. The fourth-order valence-corrected chi connectivity index (χ4v) is 7.15. The Hall–Kier alpha value is -5.02. The summed E-state index contributed by atoms with van der Waals surface area (Å²) in [5.41, 5.74) is 7.51. The Morgan fingerprint density at radius 1 is 0.894 bits per heavy atom. The second-order valence-electron chi connectivity index (χ2n) is 12.2. The predicted octanol–water partition coefficient (Wildman–Crippen LogP) is 7.94. The minimum Gasteiger partial charge on any atom is -0.487 e. The van der Waals surface area contributed by atoms with Crippen molar-refractivity contribution in [2.45, 2.75) is 44.8 Å². The van der Waals surface area contributed by atoms with Crippen LogP contribution in [0.25, 0.3) is 33.1 Å². The van der Waals surface area contributed by atoms with Crippen LogP contribution in [0.1, 0.15) is 48.7 Å². The lowest BCUT2D eigenvalue weighted by Gasteiger charge is -2.28. The van der Waals surface area contributed by atoms with E-state index in [0.717, 1.165) is 75.1 Å². The van der Waals surface area contributed by atoms with Gasteiger partial charge >= 0.3 is 5.97 Å². The molecule has 0 saturated heterocycles. The van der Waals surface area contributed by atoms with Gasteiger partial charge in [0.15, 0.2) is 0 Å². The molecule has 1 fully saturated rings. The fourth-order valence-electron chi connectivity index (χ4n) is 6.68. The van der Waals surface area contributed by atoms with Crippen molar-refractivity contribution in [1.82, 2.24) is 14.5 Å². The molecule has 1 saturated carbocycles. The molecule has 7 rings (SSSR count). The number of carboxylic acid groups (broad SMARTS) is 1. The van der Waals surface area contributed by atoms with Crippen LogP contribution in [0.2, 0.25) is 0 Å². The molecule has 2 aromatic heterocycles. The highest BCUT2D eigenvalue weighted by atomic mass is 32.2. The van der Waals surface area contributed by atoms with Crippen molar-refractivity contribution in [1.29, 1.82) is 0 Å². The molecule has 8 nitrogen and oxygen atoms in total. The van der Waals surface area contributed by atoms with E-state index in [1.807, 2.05) is 78.9 Å². The number of carboxylic acids is 1. The molecule has 1 aliphatic rings. The molecule has 0 aliphatic heterocycles. The number of hydrogen-bond donors (Lipinski definition) is 2. The molecule has 9 heteroatoms. The minimum atomic E-state index is -1.13. The molecule has 1 aliphatic carbocycles. The predicted molar refractivity (Wildman–Crippen MR) is 187 cm³/mol. The van der Waals surface area contributed by atoms with Gasteiger partial charge in [0.05, 0.1) is 28.2 Å². The molecular weight excluding hydrogens is 609 g/mol. The van der Waals surface area contributed by atoms with Gasteiger partial charge in [0.2, 0.25) is 0 Å². The number of fused-ring (bicyclic) bond motifs is 2. The van der Waals surface area contributed by atoms with E-state index < -0.39 is 22.9 Å². The summed E-state index contributed by atoms with van der Waals surface area (Å²) in [7, 11) is -1.13. The summed E-state index contributed by atoms with van der Waals surface area (Å²) in [6.07, 6.45) is 4.95. The second-order valence-corrected chi connectivity index (χ2v) is 13.3. The van der Waals surface area contributed by atoms with E-state index in [2.05, 4.69) is 33.6 Å². The quantitative estimate of drug-likeness (QED) is 0.157. The zero-order valence-corrected chi connectivity index (χ0v) is 27.0. The summed E-state index contributed by atoms with van der Waals surface area (Å²) in [4.78, 5) is 22.2. The normalized spacial score (nSPS) is 17.0. The molecule has 238 valence electrons. The Morgan fingerprint density at radius 2 is 1.72 bits per heavy atom. The van der Waals surface area contributed by atoms with Crippen molar-refractivity contribution < 1.29 is 18.8 Å². The van der Waals surface area contributed by atoms with Crippen molar-refractivity contribution in [3.63, 3.8) is 0 Å². The van der Waals surface area contributed by atoms with E-state index in [0.29, 0.717) is 25.3 Å². The van der Waals surface area contributed by atoms with Crippen molar-refractivity contribution in [2.75, 3.05) is 11.0 Å². The van der Waals surface area contributed by atoms with E-state index in [1.54, 1.807) is 6.26 Å². The molecule has 0 bridgehead atoms. The maximum Gasteiger partial charge on any atom is 0.307 e. The molecule has 3 unspecified atom stereocenters. The maximum absolute atomic E-state index is 12.4. The van der Waals surface area contributed by atoms with Gasteiger partial charge in [-0.3, -0.25) is 4.79 Å². The topological polar surface area (TPSA) is 106 Å². The van der Waals surface area contributed by atoms with Crippen LogP contribution in [0.4, 0.5) is 5.69 Å². The first kappa shape index (κ1) is 30.6. The molecule has 0 spiro atoms. The Bertz CT molecular complexity index is 2090. The summed E-state index contributed by atoms with van der Waals surface area (Å²) in [6, 6.07) is 34.3. The minimum absolute atomic E-state index is 0.174. The van der Waals surface area contributed by atoms with Crippen LogP contribution in [0, 0.1) is 5.92 Å². The number of ether oxygens (including phenoxy) is 1. The molecular formula is C38H36N4O4S. The SMILES string of the molecule is CS(=O)Nc1ccc(-c2cccc(Cn3c(C4CCCCC4C(=O)O)nc4cc(OCc5ccc6ccccc6n5)ccc43)c2)cc1. The van der Waals surface area contributed by atoms with Gasteiger partial charge in [-0.05, 0) is 72.0 Å². The van der Waals surface area contributed by atoms with Crippen LogP contribution >= 0.6 is 0 Å². The lowest BCUT2D eigenvalue weighted by atomic mass is 9.78. The lowest BCUT2D eigenvalue weighted by molar-refractivity contribution is -0.143. The summed E-state index contributed by atoms with van der Waals surface area (Å²) in [6.45, 7) is 0.881. The third-order valence-corrected chi connectivity index (χ3v) is 9.48. The van der Waals surface area contributed by atoms with E-state index in [4.69, 9.17) is 14.7 Å². The zero-order valence-electron chi connectivity index (χ0n) is 26.1. The molecule has 4 aromatic carbocycles. The van der Waals surface area contributed by atoms with Crippen LogP contribution in [-0.4, -0.2) is 36.1 Å². The fraction of sp³-hybridized carbons (Fsp3) is 0.237. The number of aromatic nitrogens is 3. The number of hydrogen-bond acceptors (Lipinski definition) is 5. The van der Waals surface area contributed by atoms with Gasteiger partial charge in [-0.25, -0.2) is 14.2 Å². The Balaban J connectivity index is 1.20. The van der Waals surface area contributed by atoms with E-state index >= 15 is 0 Å². The van der Waals surface area contributed by atoms with Crippen molar-refractivity contribution in [3.05, 3.63) is 120 Å². The third-order valence-electron chi connectivity index (χ3n) is 8.95. The summed E-state index contributed by atoms with van der Waals surface area (Å²) in [5, 5.41) is 11.2. The summed E-state index contributed by atoms with van der Waals surface area (Å²) >= 11 is 0. The van der Waals surface area contributed by atoms with Crippen LogP contribution in [0.3, 0.4) is 0 Å². The molecule has 2 heterocycles. The van der Waals surface area contributed by atoms with Gasteiger partial charge in [-0.1, -0.05) is 67.4 Å². The average Bonchev–Trinajstić information content (AvgIpc) is 3.44. The van der Waals surface area contributed by atoms with Crippen LogP contribution in [0.15, 0.2) is 103 Å². The standard InChI is InChI=1S/C38H36N4O4S/c1-47(45)41-29-16-13-26(14-17-29)28-9-6-7-25(21-28)23-42-36-20-19-31(46-24-30-18-15-27-8-2-5-12-34(27)39-30)22-35(36)40-37(42)32-10-3-4-11-33(32)38(43)44/h2,5-9,12-22,32-33,41H,3-4,10-11,23-24H2,1H3,(H,43,44). The Morgan fingerprint density at radius 3 is 2.55 bits per heavy atom. The number of pyridine rings is 1. The van der Waals surface area contributed by atoms with Crippen molar-refractivity contribution in [2.24, 2.45) is 5.92 Å². The monoisotopic (exact) mass is 644 g/mol. The van der Waals surface area contributed by atoms with Crippen LogP contribution < -0.4 is 9.46 Å². The van der Waals surface area contributed by atoms with Gasteiger partial charge in [-0.15, -0.1) is 0 Å². The first-order valence-electron chi connectivity index (χ1n) is 15.9. The zero-order chi connectivity index (χ0) is 32.3. The number of aliphatic carboxylic acids is 1. The van der Waals surface area contributed by atoms with Crippen molar-refractivity contribution in [3.8, 4) is 16.9 Å². The Kier molecular flexibility index (Phi) is 8.72. The summed E-state index contributed by atoms with van der Waals surface area (Å²) in [5.74, 6) is 0.104. The molecule has 47 heavy (non-hydrogen) atoms. The number of benzene rings is 4. The highest BCUT2D eigenvalue weighted by Gasteiger charge is 2.35. The van der Waals surface area contributed by atoms with E-state index in [-0.39, 0.29) is 5.92 Å². The lowest BCUT2D eigenvalue weighted by Crippen LogP contribution is -2.27. The smallest absolute Gasteiger partial charge is 0.307 e. The van der Waals surface area contributed by atoms with Gasteiger partial charge in [0, 0.05) is 35.9 Å². The number of rotatable bonds is 10. The highest BCUT2D eigenvalue weighted by Crippen LogP contribution is 2.39. The Labute approximate surface area is 276 Å². The number of nitrogens with one attached hydrogen (secondary N) is 1. The first-order chi connectivity index (χ1) is 22.9. The number of para-hydroxylation sites is 1. The molecule has 2 N–H and O–H groups in total. The van der Waals surface area contributed by atoms with Gasteiger partial charge in [-0.2, -0.15) is 0 Å². The summed E-state index contributed by atoms with van der Waals surface area (Å²) < 4.78 is 22.9. The van der Waals surface area contributed by atoms with Gasteiger partial charge in [0.25, 0.3) is 0 Å². The number of nitrogens with zero attached hydrogens (tertiary/aromatic N) is 3. The van der Waals surface area contributed by atoms with Crippen LogP contribution in [-0.2, 0) is 28.9 Å². The first-order valence-corrected chi connectivity index (χ1v) is 17.5. The molecule has 0 amide bonds. The average molecular weight is 645 g/mol. The van der Waals surface area contributed by atoms with Crippen molar-refractivity contribution >= 4 is 44.6 Å². The number of anilines is 1.